The molecular weight excluding hydrogens is 460 g/mol. The molecule has 5 nitrogen and oxygen atoms in total. The number of hydrogen-bond acceptors (Lipinski definition) is 6. The summed E-state index contributed by atoms with van der Waals surface area (Å²) < 4.78 is 2.89. The molecule has 0 spiro atoms. The maximum Gasteiger partial charge on any atom is 0.210 e. The molecule has 2 aromatic carbocycles. The number of anilines is 2. The Bertz CT molecular complexity index is 1250. The van der Waals surface area contributed by atoms with Crippen LogP contribution >= 0.6 is 34.7 Å². The molecule has 8 heteroatoms. The lowest BCUT2D eigenvalue weighted by Gasteiger charge is -2.11. The first-order valence-electron chi connectivity index (χ1n) is 10.1. The summed E-state index contributed by atoms with van der Waals surface area (Å²) in [5, 5.41) is 13.1. The summed E-state index contributed by atoms with van der Waals surface area (Å²) in [5.74, 6) is 0.395. The number of nitrogens with zero attached hydrogens (tertiary/aromatic N) is 3. The number of rotatable bonds is 8. The van der Waals surface area contributed by atoms with Crippen LogP contribution in [-0.4, -0.2) is 26.3 Å². The Labute approximate surface area is 200 Å². The minimum atomic E-state index is 0.0803. The summed E-state index contributed by atoms with van der Waals surface area (Å²) in [4.78, 5) is 12.9. The van der Waals surface area contributed by atoms with Gasteiger partial charge in [0, 0.05) is 34.2 Å². The SMILES string of the molecule is Cc1ccc(Nc2nnc(SCC(=O)c3cc(C)n(Cc4ccccc4Cl)c3C)s2)cc1. The fourth-order valence-corrected chi connectivity index (χ4v) is 5.26. The van der Waals surface area contributed by atoms with Crippen LogP contribution in [0.4, 0.5) is 10.8 Å². The lowest BCUT2D eigenvalue weighted by Crippen LogP contribution is -2.07. The monoisotopic (exact) mass is 482 g/mol. The van der Waals surface area contributed by atoms with Gasteiger partial charge in [0.2, 0.25) is 5.13 Å². The van der Waals surface area contributed by atoms with Crippen LogP contribution in [0.5, 0.6) is 0 Å². The van der Waals surface area contributed by atoms with E-state index in [1.165, 1.54) is 28.7 Å². The van der Waals surface area contributed by atoms with Gasteiger partial charge >= 0.3 is 0 Å². The highest BCUT2D eigenvalue weighted by molar-refractivity contribution is 8.01. The van der Waals surface area contributed by atoms with Crippen LogP contribution in [0, 0.1) is 20.8 Å². The van der Waals surface area contributed by atoms with Crippen molar-refractivity contribution in [2.75, 3.05) is 11.1 Å². The van der Waals surface area contributed by atoms with E-state index in [1.807, 2.05) is 68.4 Å². The fourth-order valence-electron chi connectivity index (χ4n) is 3.41. The zero-order valence-electron chi connectivity index (χ0n) is 18.1. The molecule has 0 atom stereocenters. The second-order valence-corrected chi connectivity index (χ2v) is 10.1. The van der Waals surface area contributed by atoms with Gasteiger partial charge in [0.25, 0.3) is 0 Å². The third-order valence-corrected chi connectivity index (χ3v) is 7.54. The summed E-state index contributed by atoms with van der Waals surface area (Å²) in [6.07, 6.45) is 0. The van der Waals surface area contributed by atoms with Crippen molar-refractivity contribution in [1.29, 1.82) is 0 Å². The summed E-state index contributed by atoms with van der Waals surface area (Å²) in [6.45, 7) is 6.69. The van der Waals surface area contributed by atoms with Crippen LogP contribution in [-0.2, 0) is 6.54 Å². The molecule has 0 saturated heterocycles. The van der Waals surface area contributed by atoms with E-state index in [9.17, 15) is 4.79 Å². The highest BCUT2D eigenvalue weighted by atomic mass is 35.5. The first-order chi connectivity index (χ1) is 15.4. The average molecular weight is 483 g/mol. The van der Waals surface area contributed by atoms with E-state index in [4.69, 9.17) is 11.6 Å². The van der Waals surface area contributed by atoms with Crippen molar-refractivity contribution >= 4 is 51.3 Å². The van der Waals surface area contributed by atoms with Crippen molar-refractivity contribution in [1.82, 2.24) is 14.8 Å². The Hall–Kier alpha value is -2.61. The molecule has 0 aliphatic heterocycles. The Morgan fingerprint density at radius 2 is 1.84 bits per heavy atom. The average Bonchev–Trinajstić information content (AvgIpc) is 3.34. The number of Topliss-reactive ketones (excluding diaryl/α,β-unsaturated/α-hetero) is 1. The minimum Gasteiger partial charge on any atom is -0.344 e. The third-order valence-electron chi connectivity index (χ3n) is 5.20. The summed E-state index contributed by atoms with van der Waals surface area (Å²) in [5.41, 5.74) is 5.93. The molecule has 0 saturated carbocycles. The van der Waals surface area contributed by atoms with Gasteiger partial charge in [-0.2, -0.15) is 0 Å². The molecule has 0 fully saturated rings. The van der Waals surface area contributed by atoms with Crippen LogP contribution in [0.3, 0.4) is 0 Å². The standard InChI is InChI=1S/C24H23ClN4OS2/c1-15-8-10-19(11-9-15)26-23-27-28-24(32-23)31-14-22(30)20-12-16(2)29(17(20)3)13-18-6-4-5-7-21(18)25/h4-12H,13-14H2,1-3H3,(H,26,27). The van der Waals surface area contributed by atoms with E-state index >= 15 is 0 Å². The molecule has 0 bridgehead atoms. The molecule has 0 aliphatic rings. The number of aryl methyl sites for hydroxylation is 2. The predicted molar refractivity (Wildman–Crippen MR) is 134 cm³/mol. The summed E-state index contributed by atoms with van der Waals surface area (Å²) in [7, 11) is 0. The maximum atomic E-state index is 12.9. The molecule has 0 unspecified atom stereocenters. The van der Waals surface area contributed by atoms with Crippen LogP contribution in [0.25, 0.3) is 0 Å². The molecule has 2 heterocycles. The number of nitrogens with one attached hydrogen (secondary N) is 1. The van der Waals surface area contributed by atoms with E-state index in [-0.39, 0.29) is 5.78 Å². The third kappa shape index (κ3) is 5.23. The van der Waals surface area contributed by atoms with Crippen LogP contribution in [0.1, 0.15) is 32.9 Å². The van der Waals surface area contributed by atoms with Crippen molar-refractivity contribution in [3.8, 4) is 0 Å². The highest BCUT2D eigenvalue weighted by Crippen LogP contribution is 2.29. The topological polar surface area (TPSA) is 59.8 Å². The number of carbonyl (C=O) groups excluding carboxylic acids is 1. The Morgan fingerprint density at radius 1 is 1.09 bits per heavy atom. The largest absolute Gasteiger partial charge is 0.344 e. The molecule has 0 amide bonds. The van der Waals surface area contributed by atoms with Gasteiger partial charge in [-0.1, -0.05) is 70.6 Å². The van der Waals surface area contributed by atoms with Crippen molar-refractivity contribution in [2.24, 2.45) is 0 Å². The first-order valence-corrected chi connectivity index (χ1v) is 12.3. The molecule has 164 valence electrons. The van der Waals surface area contributed by atoms with E-state index in [1.54, 1.807) is 0 Å². The lowest BCUT2D eigenvalue weighted by atomic mass is 10.2. The summed E-state index contributed by atoms with van der Waals surface area (Å²) in [6, 6.07) is 17.8. The normalized spacial score (nSPS) is 11.0. The van der Waals surface area contributed by atoms with Crippen molar-refractivity contribution in [2.45, 2.75) is 31.7 Å². The fraction of sp³-hybridized carbons (Fsp3) is 0.208. The maximum absolute atomic E-state index is 12.9. The van der Waals surface area contributed by atoms with Gasteiger partial charge in [-0.15, -0.1) is 10.2 Å². The highest BCUT2D eigenvalue weighted by Gasteiger charge is 2.17. The van der Waals surface area contributed by atoms with Gasteiger partial charge in [0.05, 0.1) is 5.75 Å². The van der Waals surface area contributed by atoms with E-state index in [0.29, 0.717) is 17.4 Å². The molecule has 0 radical (unpaired) electrons. The molecule has 4 aromatic rings. The van der Waals surface area contributed by atoms with Gasteiger partial charge in [-0.05, 0) is 50.6 Å². The molecule has 2 aromatic heterocycles. The number of halogens is 1. The lowest BCUT2D eigenvalue weighted by molar-refractivity contribution is 0.102. The molecular formula is C24H23ClN4OS2. The Morgan fingerprint density at radius 3 is 2.59 bits per heavy atom. The number of carbonyl (C=O) groups is 1. The van der Waals surface area contributed by atoms with Crippen LogP contribution < -0.4 is 5.32 Å². The molecule has 4 rings (SSSR count). The second-order valence-electron chi connectivity index (χ2n) is 7.54. The van der Waals surface area contributed by atoms with Crippen molar-refractivity contribution in [3.63, 3.8) is 0 Å². The van der Waals surface area contributed by atoms with Gasteiger partial charge < -0.3 is 9.88 Å². The number of ketones is 1. The van der Waals surface area contributed by atoms with Gasteiger partial charge in [0.1, 0.15) is 0 Å². The van der Waals surface area contributed by atoms with E-state index in [2.05, 4.69) is 27.0 Å². The number of hydrogen-bond donors (Lipinski definition) is 1. The van der Waals surface area contributed by atoms with Gasteiger partial charge in [-0.25, -0.2) is 0 Å². The van der Waals surface area contributed by atoms with Crippen LogP contribution in [0.15, 0.2) is 58.9 Å². The van der Waals surface area contributed by atoms with Gasteiger partial charge in [0.15, 0.2) is 10.1 Å². The molecule has 0 aliphatic carbocycles. The quantitative estimate of drug-likeness (QED) is 0.224. The number of thioether (sulfide) groups is 1. The van der Waals surface area contributed by atoms with Crippen molar-refractivity contribution < 1.29 is 4.79 Å². The second kappa shape index (κ2) is 9.90. The van der Waals surface area contributed by atoms with E-state index < -0.39 is 0 Å². The smallest absolute Gasteiger partial charge is 0.210 e. The predicted octanol–water partition coefficient (Wildman–Crippen LogP) is 6.69. The van der Waals surface area contributed by atoms with Crippen molar-refractivity contribution in [3.05, 3.63) is 87.7 Å². The Kier molecular flexibility index (Phi) is 6.98. The zero-order chi connectivity index (χ0) is 22.7. The minimum absolute atomic E-state index is 0.0803. The van der Waals surface area contributed by atoms with E-state index in [0.717, 1.165) is 37.6 Å². The first kappa shape index (κ1) is 22.6. The zero-order valence-corrected chi connectivity index (χ0v) is 20.4. The number of benzene rings is 2. The number of aromatic nitrogens is 3. The Balaban J connectivity index is 1.40. The van der Waals surface area contributed by atoms with Gasteiger partial charge in [-0.3, -0.25) is 4.79 Å². The molecule has 32 heavy (non-hydrogen) atoms. The summed E-state index contributed by atoms with van der Waals surface area (Å²) >= 11 is 9.18. The molecule has 1 N–H and O–H groups in total. The van der Waals surface area contributed by atoms with Crippen LogP contribution in [0.2, 0.25) is 5.02 Å².